The molecule has 1 fully saturated rings. The van der Waals surface area contributed by atoms with Gasteiger partial charge in [0.1, 0.15) is 0 Å². The van der Waals surface area contributed by atoms with Crippen LogP contribution in [-0.2, 0) is 0 Å². The summed E-state index contributed by atoms with van der Waals surface area (Å²) in [7, 11) is 0. The molecule has 0 aromatic rings. The van der Waals surface area contributed by atoms with Gasteiger partial charge in [-0.3, -0.25) is 0 Å². The molecule has 1 nitrogen and oxygen atoms in total. The van der Waals surface area contributed by atoms with Gasteiger partial charge in [-0.2, -0.15) is 0 Å². The van der Waals surface area contributed by atoms with Crippen LogP contribution in [-0.4, -0.2) is 12.1 Å². The molecule has 1 aliphatic carbocycles. The van der Waals surface area contributed by atoms with Crippen LogP contribution in [0.2, 0.25) is 0 Å². The zero-order valence-corrected chi connectivity index (χ0v) is 8.82. The first kappa shape index (κ1) is 10.0. The largest absolute Gasteiger partial charge is 0.311 e. The average molecular weight is 169 g/mol. The smallest absolute Gasteiger partial charge is 0.0204 e. The lowest BCUT2D eigenvalue weighted by atomic mass is 9.69. The first-order valence-corrected chi connectivity index (χ1v) is 5.46. The predicted molar refractivity (Wildman–Crippen MR) is 54.3 cm³/mol. The van der Waals surface area contributed by atoms with Crippen LogP contribution in [0, 0.1) is 5.92 Å². The van der Waals surface area contributed by atoms with Crippen LogP contribution >= 0.6 is 0 Å². The van der Waals surface area contributed by atoms with Crippen LogP contribution in [0.4, 0.5) is 0 Å². The number of rotatable bonds is 5. The van der Waals surface area contributed by atoms with Gasteiger partial charge in [-0.15, -0.1) is 0 Å². The van der Waals surface area contributed by atoms with E-state index in [4.69, 9.17) is 0 Å². The normalized spacial score (nSPS) is 21.0. The van der Waals surface area contributed by atoms with Crippen molar-refractivity contribution < 1.29 is 0 Å². The van der Waals surface area contributed by atoms with Gasteiger partial charge in [-0.05, 0) is 38.1 Å². The second-order valence-corrected chi connectivity index (χ2v) is 4.44. The lowest BCUT2D eigenvalue weighted by molar-refractivity contribution is 0.122. The fourth-order valence-corrected chi connectivity index (χ4v) is 2.03. The maximum Gasteiger partial charge on any atom is 0.0204 e. The van der Waals surface area contributed by atoms with Crippen LogP contribution in [0.3, 0.4) is 0 Å². The SMILES string of the molecule is CCCCNC1(C(C)C)CCC1. The van der Waals surface area contributed by atoms with Crippen molar-refractivity contribution >= 4 is 0 Å². The van der Waals surface area contributed by atoms with E-state index in [0.717, 1.165) is 5.92 Å². The minimum atomic E-state index is 0.523. The Morgan fingerprint density at radius 2 is 2.00 bits per heavy atom. The van der Waals surface area contributed by atoms with Crippen LogP contribution in [0.15, 0.2) is 0 Å². The number of unbranched alkanes of at least 4 members (excludes halogenated alkanes) is 1. The third-order valence-corrected chi connectivity index (χ3v) is 3.36. The lowest BCUT2D eigenvalue weighted by Crippen LogP contribution is -2.55. The summed E-state index contributed by atoms with van der Waals surface area (Å²) in [6.45, 7) is 8.16. The molecule has 1 saturated carbocycles. The molecule has 0 amide bonds. The molecule has 0 spiro atoms. The minimum absolute atomic E-state index is 0.523. The van der Waals surface area contributed by atoms with Crippen molar-refractivity contribution in [1.82, 2.24) is 5.32 Å². The topological polar surface area (TPSA) is 12.0 Å². The monoisotopic (exact) mass is 169 g/mol. The highest BCUT2D eigenvalue weighted by molar-refractivity contribution is 4.97. The summed E-state index contributed by atoms with van der Waals surface area (Å²) in [4.78, 5) is 0. The van der Waals surface area contributed by atoms with Gasteiger partial charge in [0, 0.05) is 5.54 Å². The first-order chi connectivity index (χ1) is 5.71. The Kier molecular flexibility index (Phi) is 3.57. The molecule has 0 aromatic heterocycles. The summed E-state index contributed by atoms with van der Waals surface area (Å²) < 4.78 is 0. The molecule has 0 heterocycles. The van der Waals surface area contributed by atoms with Gasteiger partial charge in [0.05, 0.1) is 0 Å². The molecule has 12 heavy (non-hydrogen) atoms. The molecule has 0 aliphatic heterocycles. The number of hydrogen-bond donors (Lipinski definition) is 1. The van der Waals surface area contributed by atoms with Gasteiger partial charge < -0.3 is 5.32 Å². The molecular weight excluding hydrogens is 146 g/mol. The van der Waals surface area contributed by atoms with Crippen molar-refractivity contribution in [2.24, 2.45) is 5.92 Å². The molecule has 0 saturated heterocycles. The van der Waals surface area contributed by atoms with E-state index in [1.165, 1.54) is 38.6 Å². The van der Waals surface area contributed by atoms with Crippen molar-refractivity contribution in [3.8, 4) is 0 Å². The van der Waals surface area contributed by atoms with Crippen LogP contribution in [0.1, 0.15) is 52.9 Å². The molecule has 1 N–H and O–H groups in total. The molecule has 1 rings (SSSR count). The fraction of sp³-hybridized carbons (Fsp3) is 1.00. The molecule has 0 unspecified atom stereocenters. The Balaban J connectivity index is 2.25. The third-order valence-electron chi connectivity index (χ3n) is 3.36. The van der Waals surface area contributed by atoms with Crippen molar-refractivity contribution in [2.45, 2.75) is 58.4 Å². The molecule has 0 aromatic carbocycles. The zero-order valence-electron chi connectivity index (χ0n) is 8.82. The van der Waals surface area contributed by atoms with Gasteiger partial charge in [-0.25, -0.2) is 0 Å². The average Bonchev–Trinajstić information content (AvgIpc) is 1.94. The van der Waals surface area contributed by atoms with E-state index in [1.807, 2.05) is 0 Å². The van der Waals surface area contributed by atoms with Crippen LogP contribution < -0.4 is 5.32 Å². The van der Waals surface area contributed by atoms with Crippen LogP contribution in [0.25, 0.3) is 0 Å². The second kappa shape index (κ2) is 4.27. The summed E-state index contributed by atoms with van der Waals surface area (Å²) in [5, 5.41) is 3.73. The standard InChI is InChI=1S/C11H23N/c1-4-5-9-12-11(10(2)3)7-6-8-11/h10,12H,4-9H2,1-3H3. The molecule has 1 aliphatic rings. The summed E-state index contributed by atoms with van der Waals surface area (Å²) in [6, 6.07) is 0. The molecular formula is C11H23N. The molecule has 1 heteroatoms. The molecule has 72 valence electrons. The Morgan fingerprint density at radius 3 is 2.33 bits per heavy atom. The predicted octanol–water partition coefficient (Wildman–Crippen LogP) is 2.95. The maximum absolute atomic E-state index is 3.73. The molecule has 0 atom stereocenters. The van der Waals surface area contributed by atoms with Gasteiger partial charge >= 0.3 is 0 Å². The first-order valence-electron chi connectivity index (χ1n) is 5.46. The van der Waals surface area contributed by atoms with Gasteiger partial charge in [0.25, 0.3) is 0 Å². The van der Waals surface area contributed by atoms with E-state index in [9.17, 15) is 0 Å². The maximum atomic E-state index is 3.73. The van der Waals surface area contributed by atoms with Crippen LogP contribution in [0.5, 0.6) is 0 Å². The highest BCUT2D eigenvalue weighted by Crippen LogP contribution is 2.37. The quantitative estimate of drug-likeness (QED) is 0.624. The Bertz CT molecular complexity index is 125. The van der Waals surface area contributed by atoms with E-state index < -0.39 is 0 Å². The van der Waals surface area contributed by atoms with E-state index in [0.29, 0.717) is 5.54 Å². The van der Waals surface area contributed by atoms with Crippen molar-refractivity contribution in [2.75, 3.05) is 6.54 Å². The minimum Gasteiger partial charge on any atom is -0.311 e. The van der Waals surface area contributed by atoms with Crippen molar-refractivity contribution in [3.63, 3.8) is 0 Å². The van der Waals surface area contributed by atoms with Gasteiger partial charge in [-0.1, -0.05) is 27.2 Å². The van der Waals surface area contributed by atoms with E-state index in [2.05, 4.69) is 26.1 Å². The Labute approximate surface area is 76.9 Å². The van der Waals surface area contributed by atoms with Gasteiger partial charge in [0.15, 0.2) is 0 Å². The summed E-state index contributed by atoms with van der Waals surface area (Å²) >= 11 is 0. The van der Waals surface area contributed by atoms with E-state index >= 15 is 0 Å². The summed E-state index contributed by atoms with van der Waals surface area (Å²) in [5.41, 5.74) is 0.523. The number of hydrogen-bond acceptors (Lipinski definition) is 1. The second-order valence-electron chi connectivity index (χ2n) is 4.44. The van der Waals surface area contributed by atoms with E-state index in [-0.39, 0.29) is 0 Å². The zero-order chi connectivity index (χ0) is 9.03. The molecule has 0 radical (unpaired) electrons. The third kappa shape index (κ3) is 2.01. The summed E-state index contributed by atoms with van der Waals surface area (Å²) in [6.07, 6.45) is 6.86. The Morgan fingerprint density at radius 1 is 1.33 bits per heavy atom. The van der Waals surface area contributed by atoms with Crippen molar-refractivity contribution in [3.05, 3.63) is 0 Å². The van der Waals surface area contributed by atoms with Crippen molar-refractivity contribution in [1.29, 1.82) is 0 Å². The lowest BCUT2D eigenvalue weighted by Gasteiger charge is -2.46. The molecule has 0 bridgehead atoms. The van der Waals surface area contributed by atoms with E-state index in [1.54, 1.807) is 0 Å². The summed E-state index contributed by atoms with van der Waals surface area (Å²) in [5.74, 6) is 0.808. The number of nitrogens with one attached hydrogen (secondary N) is 1. The highest BCUT2D eigenvalue weighted by Gasteiger charge is 2.38. The fourth-order valence-electron chi connectivity index (χ4n) is 2.03. The highest BCUT2D eigenvalue weighted by atomic mass is 15.0. The Hall–Kier alpha value is -0.0400. The van der Waals surface area contributed by atoms with Gasteiger partial charge in [0.2, 0.25) is 0 Å².